The molecule has 3 heteroatoms. The summed E-state index contributed by atoms with van der Waals surface area (Å²) in [5.74, 6) is 0. The molecule has 1 saturated heterocycles. The summed E-state index contributed by atoms with van der Waals surface area (Å²) in [5, 5.41) is 3.21. The molecule has 1 N–H and O–H groups in total. The second-order valence-corrected chi connectivity index (χ2v) is 4.20. The molecule has 0 aliphatic carbocycles. The molecule has 0 spiro atoms. The van der Waals surface area contributed by atoms with Crippen LogP contribution in [0.15, 0.2) is 0 Å². The molecule has 0 aromatic rings. The van der Waals surface area contributed by atoms with Gasteiger partial charge in [-0.2, -0.15) is 0 Å². The van der Waals surface area contributed by atoms with E-state index in [0.717, 1.165) is 26.1 Å². The summed E-state index contributed by atoms with van der Waals surface area (Å²) >= 11 is 0. The fourth-order valence-corrected chi connectivity index (χ4v) is 1.73. The first-order valence-electron chi connectivity index (χ1n) is 5.63. The molecule has 0 aromatic carbocycles. The number of hydrogen-bond acceptors (Lipinski definition) is 3. The highest BCUT2D eigenvalue weighted by Crippen LogP contribution is 2.13. The lowest BCUT2D eigenvalue weighted by Gasteiger charge is -2.19. The molecule has 0 radical (unpaired) electrons. The summed E-state index contributed by atoms with van der Waals surface area (Å²) in [4.78, 5) is 0. The first-order valence-corrected chi connectivity index (χ1v) is 5.63. The standard InChI is InChI=1S/C11H23NO2/c1-9(12-3)7-10(2)14-8-11-5-4-6-13-11/h9-12H,4-8H2,1-3H3. The van der Waals surface area contributed by atoms with Crippen molar-refractivity contribution in [2.45, 2.75) is 51.4 Å². The number of rotatable bonds is 6. The molecule has 0 saturated carbocycles. The van der Waals surface area contributed by atoms with Crippen molar-refractivity contribution >= 4 is 0 Å². The van der Waals surface area contributed by atoms with Crippen molar-refractivity contribution in [1.29, 1.82) is 0 Å². The number of ether oxygens (including phenoxy) is 2. The molecule has 1 aliphatic rings. The van der Waals surface area contributed by atoms with Crippen molar-refractivity contribution in [3.05, 3.63) is 0 Å². The van der Waals surface area contributed by atoms with Gasteiger partial charge in [-0.1, -0.05) is 0 Å². The van der Waals surface area contributed by atoms with Crippen LogP contribution in [0.25, 0.3) is 0 Å². The zero-order valence-corrected chi connectivity index (χ0v) is 9.58. The van der Waals surface area contributed by atoms with E-state index in [-0.39, 0.29) is 0 Å². The summed E-state index contributed by atoms with van der Waals surface area (Å²) in [6.07, 6.45) is 4.08. The minimum Gasteiger partial charge on any atom is -0.376 e. The summed E-state index contributed by atoms with van der Waals surface area (Å²) in [5.41, 5.74) is 0. The smallest absolute Gasteiger partial charge is 0.0809 e. The predicted molar refractivity (Wildman–Crippen MR) is 57.5 cm³/mol. The highest BCUT2D eigenvalue weighted by Gasteiger charge is 2.17. The van der Waals surface area contributed by atoms with Crippen molar-refractivity contribution in [2.75, 3.05) is 20.3 Å². The minimum absolute atomic E-state index is 0.321. The lowest BCUT2D eigenvalue weighted by Crippen LogP contribution is -2.28. The Labute approximate surface area is 87.2 Å². The normalized spacial score (nSPS) is 26.4. The fraction of sp³-hybridized carbons (Fsp3) is 1.00. The third kappa shape index (κ3) is 4.40. The van der Waals surface area contributed by atoms with Crippen molar-refractivity contribution in [1.82, 2.24) is 5.32 Å². The van der Waals surface area contributed by atoms with Crippen LogP contribution < -0.4 is 5.32 Å². The molecule has 84 valence electrons. The monoisotopic (exact) mass is 201 g/mol. The van der Waals surface area contributed by atoms with Crippen molar-refractivity contribution < 1.29 is 9.47 Å². The van der Waals surface area contributed by atoms with Crippen molar-refractivity contribution in [2.24, 2.45) is 0 Å². The van der Waals surface area contributed by atoms with E-state index in [1.807, 2.05) is 7.05 Å². The molecule has 0 bridgehead atoms. The lowest BCUT2D eigenvalue weighted by atomic mass is 10.1. The molecular formula is C11H23NO2. The van der Waals surface area contributed by atoms with E-state index in [9.17, 15) is 0 Å². The molecule has 1 aliphatic heterocycles. The van der Waals surface area contributed by atoms with Crippen LogP contribution in [-0.2, 0) is 9.47 Å². The Bertz CT molecular complexity index is 146. The molecule has 3 unspecified atom stereocenters. The average molecular weight is 201 g/mol. The fourth-order valence-electron chi connectivity index (χ4n) is 1.73. The summed E-state index contributed by atoms with van der Waals surface area (Å²) in [6, 6.07) is 0.523. The minimum atomic E-state index is 0.321. The van der Waals surface area contributed by atoms with E-state index in [2.05, 4.69) is 19.2 Å². The summed E-state index contributed by atoms with van der Waals surface area (Å²) < 4.78 is 11.2. The lowest BCUT2D eigenvalue weighted by molar-refractivity contribution is -0.0186. The van der Waals surface area contributed by atoms with Gasteiger partial charge in [-0.15, -0.1) is 0 Å². The molecule has 1 heterocycles. The van der Waals surface area contributed by atoms with Gasteiger partial charge < -0.3 is 14.8 Å². The van der Waals surface area contributed by atoms with E-state index in [4.69, 9.17) is 9.47 Å². The Morgan fingerprint density at radius 3 is 2.86 bits per heavy atom. The van der Waals surface area contributed by atoms with Crippen molar-refractivity contribution in [3.8, 4) is 0 Å². The summed E-state index contributed by atoms with van der Waals surface area (Å²) in [6.45, 7) is 5.97. The van der Waals surface area contributed by atoms with E-state index >= 15 is 0 Å². The highest BCUT2D eigenvalue weighted by molar-refractivity contribution is 4.66. The van der Waals surface area contributed by atoms with Gasteiger partial charge in [0.05, 0.1) is 18.8 Å². The van der Waals surface area contributed by atoms with Crippen LogP contribution in [0.4, 0.5) is 0 Å². The van der Waals surface area contributed by atoms with Gasteiger partial charge in [0.15, 0.2) is 0 Å². The van der Waals surface area contributed by atoms with Crippen LogP contribution in [0.5, 0.6) is 0 Å². The first-order chi connectivity index (χ1) is 6.72. The van der Waals surface area contributed by atoms with Crippen LogP contribution in [0.3, 0.4) is 0 Å². The quantitative estimate of drug-likeness (QED) is 0.707. The largest absolute Gasteiger partial charge is 0.376 e. The maximum Gasteiger partial charge on any atom is 0.0809 e. The molecule has 1 fully saturated rings. The van der Waals surface area contributed by atoms with Crippen LogP contribution in [0.2, 0.25) is 0 Å². The van der Waals surface area contributed by atoms with E-state index in [1.54, 1.807) is 0 Å². The summed E-state index contributed by atoms with van der Waals surface area (Å²) in [7, 11) is 1.98. The molecule has 0 aromatic heterocycles. The van der Waals surface area contributed by atoms with Gasteiger partial charge in [-0.05, 0) is 40.2 Å². The molecule has 3 atom stereocenters. The van der Waals surface area contributed by atoms with Gasteiger partial charge in [0, 0.05) is 12.6 Å². The molecule has 1 rings (SSSR count). The zero-order valence-electron chi connectivity index (χ0n) is 9.58. The number of hydrogen-bond donors (Lipinski definition) is 1. The van der Waals surface area contributed by atoms with E-state index in [1.165, 1.54) is 6.42 Å². The highest BCUT2D eigenvalue weighted by atomic mass is 16.5. The van der Waals surface area contributed by atoms with E-state index in [0.29, 0.717) is 18.2 Å². The third-order valence-electron chi connectivity index (χ3n) is 2.77. The Kier molecular flexibility index (Phi) is 5.45. The number of nitrogens with one attached hydrogen (secondary N) is 1. The maximum absolute atomic E-state index is 5.73. The van der Waals surface area contributed by atoms with Gasteiger partial charge in [0.25, 0.3) is 0 Å². The van der Waals surface area contributed by atoms with Crippen LogP contribution in [-0.4, -0.2) is 38.5 Å². The van der Waals surface area contributed by atoms with Gasteiger partial charge in [0.2, 0.25) is 0 Å². The van der Waals surface area contributed by atoms with E-state index < -0.39 is 0 Å². The molecule has 14 heavy (non-hydrogen) atoms. The maximum atomic E-state index is 5.73. The first kappa shape index (κ1) is 12.0. The second kappa shape index (κ2) is 6.38. The molecule has 0 amide bonds. The third-order valence-corrected chi connectivity index (χ3v) is 2.77. The van der Waals surface area contributed by atoms with Crippen LogP contribution >= 0.6 is 0 Å². The molecular weight excluding hydrogens is 178 g/mol. The van der Waals surface area contributed by atoms with Gasteiger partial charge in [0.1, 0.15) is 0 Å². The van der Waals surface area contributed by atoms with Gasteiger partial charge in [-0.3, -0.25) is 0 Å². The van der Waals surface area contributed by atoms with Crippen LogP contribution in [0.1, 0.15) is 33.1 Å². The predicted octanol–water partition coefficient (Wildman–Crippen LogP) is 1.57. The second-order valence-electron chi connectivity index (χ2n) is 4.20. The average Bonchev–Trinajstić information content (AvgIpc) is 2.67. The Hall–Kier alpha value is -0.120. The van der Waals surface area contributed by atoms with Gasteiger partial charge in [-0.25, -0.2) is 0 Å². The van der Waals surface area contributed by atoms with Gasteiger partial charge >= 0.3 is 0 Å². The van der Waals surface area contributed by atoms with Crippen LogP contribution in [0, 0.1) is 0 Å². The molecule has 3 nitrogen and oxygen atoms in total. The SMILES string of the molecule is CNC(C)CC(C)OCC1CCCO1. The zero-order chi connectivity index (χ0) is 10.4. The Balaban J connectivity index is 2.04. The Morgan fingerprint density at radius 2 is 2.29 bits per heavy atom. The topological polar surface area (TPSA) is 30.5 Å². The van der Waals surface area contributed by atoms with Crippen molar-refractivity contribution in [3.63, 3.8) is 0 Å². The Morgan fingerprint density at radius 1 is 1.50 bits per heavy atom.